The number of hydrogen-bond acceptors (Lipinski definition) is 3. The summed E-state index contributed by atoms with van der Waals surface area (Å²) in [7, 11) is 0. The Kier molecular flexibility index (Phi) is 3.08. The van der Waals surface area contributed by atoms with Crippen molar-refractivity contribution in [3.05, 3.63) is 40.7 Å². The molecule has 2 aromatic heterocycles. The van der Waals surface area contributed by atoms with Crippen molar-refractivity contribution in [3.63, 3.8) is 0 Å². The summed E-state index contributed by atoms with van der Waals surface area (Å²) in [5.74, 6) is 1.07. The van der Waals surface area contributed by atoms with E-state index >= 15 is 0 Å². The standard InChI is InChI=1S/C12H16N4O/c1-9(2)8-15-12(17)6-10(3)16(15)11-7-13-4-5-14-11/h4-7,9H,8H2,1-3H3. The first-order valence-electron chi connectivity index (χ1n) is 5.65. The lowest BCUT2D eigenvalue weighted by atomic mass is 10.2. The molecule has 17 heavy (non-hydrogen) atoms. The molecule has 0 spiro atoms. The third-order valence-corrected chi connectivity index (χ3v) is 2.47. The van der Waals surface area contributed by atoms with Crippen molar-refractivity contribution in [3.8, 4) is 5.82 Å². The molecule has 0 N–H and O–H groups in total. The van der Waals surface area contributed by atoms with Gasteiger partial charge in [-0.25, -0.2) is 14.3 Å². The molecule has 0 bridgehead atoms. The van der Waals surface area contributed by atoms with Crippen LogP contribution in [-0.4, -0.2) is 19.3 Å². The van der Waals surface area contributed by atoms with Crippen molar-refractivity contribution in [2.75, 3.05) is 0 Å². The van der Waals surface area contributed by atoms with Gasteiger partial charge in [0.2, 0.25) is 0 Å². The summed E-state index contributed by atoms with van der Waals surface area (Å²) in [6.07, 6.45) is 4.90. The summed E-state index contributed by atoms with van der Waals surface area (Å²) in [5, 5.41) is 0. The van der Waals surface area contributed by atoms with E-state index in [0.717, 1.165) is 5.69 Å². The zero-order valence-corrected chi connectivity index (χ0v) is 10.3. The molecule has 0 fully saturated rings. The van der Waals surface area contributed by atoms with Crippen molar-refractivity contribution in [2.45, 2.75) is 27.3 Å². The van der Waals surface area contributed by atoms with Crippen LogP contribution < -0.4 is 5.56 Å². The molecule has 5 heteroatoms. The first-order valence-corrected chi connectivity index (χ1v) is 5.65. The maximum absolute atomic E-state index is 11.9. The van der Waals surface area contributed by atoms with Crippen LogP contribution in [0, 0.1) is 12.8 Å². The Morgan fingerprint density at radius 3 is 2.71 bits per heavy atom. The predicted octanol–water partition coefficient (Wildman–Crippen LogP) is 1.39. The number of aromatic nitrogens is 4. The Morgan fingerprint density at radius 1 is 1.35 bits per heavy atom. The molecule has 2 aromatic rings. The third kappa shape index (κ3) is 2.27. The Balaban J connectivity index is 2.57. The predicted molar refractivity (Wildman–Crippen MR) is 65.2 cm³/mol. The zero-order chi connectivity index (χ0) is 12.4. The summed E-state index contributed by atoms with van der Waals surface area (Å²) < 4.78 is 3.51. The van der Waals surface area contributed by atoms with Gasteiger partial charge >= 0.3 is 0 Å². The molecule has 2 heterocycles. The van der Waals surface area contributed by atoms with Crippen molar-refractivity contribution in [1.29, 1.82) is 0 Å². The first kappa shape index (κ1) is 11.6. The second-order valence-corrected chi connectivity index (χ2v) is 4.48. The molecule has 5 nitrogen and oxygen atoms in total. The molecule has 0 saturated heterocycles. The normalized spacial score (nSPS) is 11.1. The summed E-state index contributed by atoms with van der Waals surface area (Å²) in [5.41, 5.74) is 0.873. The highest BCUT2D eigenvalue weighted by Gasteiger charge is 2.11. The minimum atomic E-state index is 0.00172. The summed E-state index contributed by atoms with van der Waals surface area (Å²) >= 11 is 0. The molecule has 0 radical (unpaired) electrons. The van der Waals surface area contributed by atoms with Crippen LogP contribution in [0.4, 0.5) is 0 Å². The van der Waals surface area contributed by atoms with Gasteiger partial charge in [-0.2, -0.15) is 0 Å². The van der Waals surface area contributed by atoms with Crippen molar-refractivity contribution < 1.29 is 0 Å². The zero-order valence-electron chi connectivity index (χ0n) is 10.3. The van der Waals surface area contributed by atoms with Crippen molar-refractivity contribution >= 4 is 0 Å². The number of hydrogen-bond donors (Lipinski definition) is 0. The Labute approximate surface area is 99.7 Å². The fraction of sp³-hybridized carbons (Fsp3) is 0.417. The molecule has 2 rings (SSSR count). The topological polar surface area (TPSA) is 52.7 Å². The van der Waals surface area contributed by atoms with E-state index < -0.39 is 0 Å². The van der Waals surface area contributed by atoms with Crippen molar-refractivity contribution in [2.24, 2.45) is 5.92 Å². The Bertz CT molecular complexity index is 554. The fourth-order valence-electron chi connectivity index (χ4n) is 1.83. The van der Waals surface area contributed by atoms with Crippen LogP contribution in [0.15, 0.2) is 29.5 Å². The van der Waals surface area contributed by atoms with Gasteiger partial charge in [-0.1, -0.05) is 13.8 Å². The first-order chi connectivity index (χ1) is 8.09. The summed E-state index contributed by atoms with van der Waals surface area (Å²) in [6, 6.07) is 1.62. The van der Waals surface area contributed by atoms with Crippen LogP contribution in [-0.2, 0) is 6.54 Å². The lowest BCUT2D eigenvalue weighted by Crippen LogP contribution is -2.25. The quantitative estimate of drug-likeness (QED) is 0.803. The van der Waals surface area contributed by atoms with Gasteiger partial charge in [0, 0.05) is 30.7 Å². The lowest BCUT2D eigenvalue weighted by molar-refractivity contribution is 0.434. The van der Waals surface area contributed by atoms with E-state index in [-0.39, 0.29) is 5.56 Å². The Hall–Kier alpha value is -1.91. The highest BCUT2D eigenvalue weighted by molar-refractivity contribution is 5.20. The molecular weight excluding hydrogens is 216 g/mol. The molecule has 0 amide bonds. The minimum absolute atomic E-state index is 0.00172. The SMILES string of the molecule is Cc1cc(=O)n(CC(C)C)n1-c1cnccn1. The van der Waals surface area contributed by atoms with Crippen LogP contribution >= 0.6 is 0 Å². The van der Waals surface area contributed by atoms with Gasteiger partial charge in [-0.05, 0) is 12.8 Å². The highest BCUT2D eigenvalue weighted by Crippen LogP contribution is 2.07. The maximum Gasteiger partial charge on any atom is 0.267 e. The van der Waals surface area contributed by atoms with Crippen LogP contribution in [0.3, 0.4) is 0 Å². The molecule has 0 aliphatic heterocycles. The van der Waals surface area contributed by atoms with Crippen LogP contribution in [0.5, 0.6) is 0 Å². The van der Waals surface area contributed by atoms with E-state index in [1.807, 2.05) is 11.6 Å². The molecule has 0 aliphatic rings. The second kappa shape index (κ2) is 4.53. The molecule has 0 atom stereocenters. The largest absolute Gasteiger partial charge is 0.268 e. The number of rotatable bonds is 3. The number of aryl methyl sites for hydroxylation is 1. The summed E-state index contributed by atoms with van der Waals surface area (Å²) in [4.78, 5) is 20.1. The monoisotopic (exact) mass is 232 g/mol. The van der Waals surface area contributed by atoms with Crippen LogP contribution in [0.1, 0.15) is 19.5 Å². The molecule has 0 unspecified atom stereocenters. The smallest absolute Gasteiger partial charge is 0.267 e. The van der Waals surface area contributed by atoms with Gasteiger partial charge in [0.25, 0.3) is 5.56 Å². The van der Waals surface area contributed by atoms with Crippen LogP contribution in [0.25, 0.3) is 5.82 Å². The fourth-order valence-corrected chi connectivity index (χ4v) is 1.83. The Morgan fingerprint density at radius 2 is 2.12 bits per heavy atom. The van der Waals surface area contributed by atoms with E-state index in [1.54, 1.807) is 29.3 Å². The maximum atomic E-state index is 11.9. The van der Waals surface area contributed by atoms with E-state index in [0.29, 0.717) is 18.3 Å². The van der Waals surface area contributed by atoms with Gasteiger partial charge in [0.05, 0.1) is 6.20 Å². The van der Waals surface area contributed by atoms with Gasteiger partial charge in [0.15, 0.2) is 5.82 Å². The lowest BCUT2D eigenvalue weighted by Gasteiger charge is -2.13. The van der Waals surface area contributed by atoms with E-state index in [9.17, 15) is 4.79 Å². The molecular formula is C12H16N4O. The summed E-state index contributed by atoms with van der Waals surface area (Å²) in [6.45, 7) is 6.72. The molecule has 90 valence electrons. The third-order valence-electron chi connectivity index (χ3n) is 2.47. The average Bonchev–Trinajstić information content (AvgIpc) is 2.54. The number of nitrogens with zero attached hydrogens (tertiary/aromatic N) is 4. The second-order valence-electron chi connectivity index (χ2n) is 4.48. The van der Waals surface area contributed by atoms with Gasteiger partial charge in [0.1, 0.15) is 0 Å². The average molecular weight is 232 g/mol. The van der Waals surface area contributed by atoms with Gasteiger partial charge < -0.3 is 0 Å². The van der Waals surface area contributed by atoms with E-state index in [4.69, 9.17) is 0 Å². The van der Waals surface area contributed by atoms with E-state index in [1.165, 1.54) is 0 Å². The highest BCUT2D eigenvalue weighted by atomic mass is 16.1. The van der Waals surface area contributed by atoms with Crippen LogP contribution in [0.2, 0.25) is 0 Å². The van der Waals surface area contributed by atoms with E-state index in [2.05, 4.69) is 23.8 Å². The minimum Gasteiger partial charge on any atom is -0.268 e. The van der Waals surface area contributed by atoms with Gasteiger partial charge in [-0.15, -0.1) is 0 Å². The van der Waals surface area contributed by atoms with Crippen molar-refractivity contribution in [1.82, 2.24) is 19.3 Å². The molecule has 0 aromatic carbocycles. The molecule has 0 aliphatic carbocycles. The van der Waals surface area contributed by atoms with Gasteiger partial charge in [-0.3, -0.25) is 9.78 Å². The molecule has 0 saturated carbocycles.